The molecular formula is C23H29N7O. The number of benzene rings is 1. The Morgan fingerprint density at radius 2 is 1.81 bits per heavy atom. The molecule has 1 aliphatic heterocycles. The number of hydrogen-bond acceptors (Lipinski definition) is 7. The molecule has 1 atom stereocenters. The predicted molar refractivity (Wildman–Crippen MR) is 126 cm³/mol. The summed E-state index contributed by atoms with van der Waals surface area (Å²) in [6.07, 6.45) is 0.265. The number of rotatable bonds is 4. The second kappa shape index (κ2) is 7.96. The number of anilines is 2. The van der Waals surface area contributed by atoms with Gasteiger partial charge in [-0.15, -0.1) is 0 Å². The topological polar surface area (TPSA) is 81.0 Å². The van der Waals surface area contributed by atoms with E-state index in [2.05, 4.69) is 50.1 Å². The van der Waals surface area contributed by atoms with E-state index in [-0.39, 0.29) is 0 Å². The lowest BCUT2D eigenvalue weighted by Crippen LogP contribution is -2.29. The minimum Gasteiger partial charge on any atom is -0.387 e. The summed E-state index contributed by atoms with van der Waals surface area (Å²) in [5, 5.41) is 18.0. The summed E-state index contributed by atoms with van der Waals surface area (Å²) in [4.78, 5) is 14.7. The van der Waals surface area contributed by atoms with Crippen molar-refractivity contribution < 1.29 is 5.11 Å². The minimum absolute atomic E-state index is 0.708. The molecule has 0 saturated carbocycles. The molecule has 4 heterocycles. The van der Waals surface area contributed by atoms with Crippen LogP contribution >= 0.6 is 0 Å². The van der Waals surface area contributed by atoms with Crippen LogP contribution in [0.4, 0.5) is 11.5 Å². The monoisotopic (exact) mass is 419 g/mol. The predicted octanol–water partition coefficient (Wildman–Crippen LogP) is 2.43. The van der Waals surface area contributed by atoms with E-state index in [0.717, 1.165) is 71.7 Å². The lowest BCUT2D eigenvalue weighted by atomic mass is 10.1. The molecule has 1 saturated heterocycles. The molecule has 1 fully saturated rings. The molecule has 8 heteroatoms. The lowest BCUT2D eigenvalue weighted by Gasteiger charge is -2.23. The Labute approximate surface area is 181 Å². The third-order valence-electron chi connectivity index (χ3n) is 6.25. The fourth-order valence-electron chi connectivity index (χ4n) is 4.61. The molecule has 162 valence electrons. The fraction of sp³-hybridized carbons (Fsp3) is 0.391. The Bertz CT molecular complexity index is 1250. The highest BCUT2D eigenvalue weighted by molar-refractivity contribution is 5.99. The fourth-order valence-corrected chi connectivity index (χ4v) is 4.61. The first-order valence-corrected chi connectivity index (χ1v) is 10.8. The SMILES string of the molecule is CNc1c(C(O)NC)c2nc3ccccc3n2c2nc(N3CCCN(C)CC3)ccc12. The average Bonchev–Trinajstić information content (AvgIpc) is 3.05. The number of aromatic nitrogens is 3. The van der Waals surface area contributed by atoms with E-state index in [1.807, 2.05) is 25.2 Å². The molecular weight excluding hydrogens is 390 g/mol. The zero-order chi connectivity index (χ0) is 21.5. The van der Waals surface area contributed by atoms with Gasteiger partial charge in [0.1, 0.15) is 17.7 Å². The number of para-hydroxylation sites is 2. The number of nitrogens with one attached hydrogen (secondary N) is 2. The molecule has 1 unspecified atom stereocenters. The average molecular weight is 420 g/mol. The summed E-state index contributed by atoms with van der Waals surface area (Å²) < 4.78 is 2.08. The van der Waals surface area contributed by atoms with Gasteiger partial charge in [-0.05, 0) is 51.3 Å². The summed E-state index contributed by atoms with van der Waals surface area (Å²) in [7, 11) is 5.79. The standard InChI is InChI=1S/C23H29N7O/c1-24-20-15-9-10-18(29-12-6-11-28(3)13-14-29)27-21(15)30-17-8-5-4-7-16(17)26-22(30)19(20)23(31)25-2/h4-5,7-10,23-25,31H,6,11-14H2,1-3H3. The van der Waals surface area contributed by atoms with Crippen molar-refractivity contribution in [2.75, 3.05) is 57.5 Å². The number of imidazole rings is 1. The molecule has 8 nitrogen and oxygen atoms in total. The maximum Gasteiger partial charge on any atom is 0.150 e. The highest BCUT2D eigenvalue weighted by Gasteiger charge is 2.24. The Kier molecular flexibility index (Phi) is 5.13. The Hall–Kier alpha value is -2.94. The van der Waals surface area contributed by atoms with Crippen LogP contribution in [-0.4, -0.2) is 71.7 Å². The minimum atomic E-state index is -0.855. The van der Waals surface area contributed by atoms with Crippen LogP contribution in [-0.2, 0) is 0 Å². The van der Waals surface area contributed by atoms with Crippen LogP contribution in [0.3, 0.4) is 0 Å². The van der Waals surface area contributed by atoms with Gasteiger partial charge in [-0.25, -0.2) is 9.97 Å². The van der Waals surface area contributed by atoms with E-state index in [1.165, 1.54) is 0 Å². The van der Waals surface area contributed by atoms with Crippen molar-refractivity contribution in [3.8, 4) is 0 Å². The third-order valence-corrected chi connectivity index (χ3v) is 6.25. The number of pyridine rings is 2. The van der Waals surface area contributed by atoms with E-state index in [9.17, 15) is 5.11 Å². The van der Waals surface area contributed by atoms with Gasteiger partial charge in [0.15, 0.2) is 5.65 Å². The van der Waals surface area contributed by atoms with Gasteiger partial charge >= 0.3 is 0 Å². The molecule has 3 aromatic heterocycles. The second-order valence-corrected chi connectivity index (χ2v) is 8.17. The number of nitrogens with zero attached hydrogens (tertiary/aromatic N) is 5. The summed E-state index contributed by atoms with van der Waals surface area (Å²) >= 11 is 0. The zero-order valence-electron chi connectivity index (χ0n) is 18.3. The van der Waals surface area contributed by atoms with Gasteiger partial charge in [-0.1, -0.05) is 12.1 Å². The molecule has 31 heavy (non-hydrogen) atoms. The molecule has 1 aromatic carbocycles. The third kappa shape index (κ3) is 3.27. The maximum absolute atomic E-state index is 10.8. The Balaban J connectivity index is 1.82. The van der Waals surface area contributed by atoms with Crippen LogP contribution in [0.5, 0.6) is 0 Å². The number of likely N-dealkylation sites (N-methyl/N-ethyl adjacent to an activating group) is 1. The summed E-state index contributed by atoms with van der Waals surface area (Å²) in [5.74, 6) is 0.978. The van der Waals surface area contributed by atoms with E-state index in [1.54, 1.807) is 7.05 Å². The molecule has 0 spiro atoms. The van der Waals surface area contributed by atoms with Crippen molar-refractivity contribution in [2.45, 2.75) is 12.6 Å². The van der Waals surface area contributed by atoms with Crippen molar-refractivity contribution in [1.29, 1.82) is 0 Å². The van der Waals surface area contributed by atoms with Gasteiger partial charge < -0.3 is 20.2 Å². The van der Waals surface area contributed by atoms with Gasteiger partial charge in [0.05, 0.1) is 22.3 Å². The van der Waals surface area contributed by atoms with Crippen molar-refractivity contribution in [3.05, 3.63) is 42.0 Å². The summed E-state index contributed by atoms with van der Waals surface area (Å²) in [5.41, 5.74) is 4.98. The molecule has 0 radical (unpaired) electrons. The van der Waals surface area contributed by atoms with Crippen molar-refractivity contribution >= 4 is 39.2 Å². The quantitative estimate of drug-likeness (QED) is 0.438. The van der Waals surface area contributed by atoms with Crippen LogP contribution in [0.15, 0.2) is 36.4 Å². The summed E-state index contributed by atoms with van der Waals surface area (Å²) in [6, 6.07) is 12.2. The second-order valence-electron chi connectivity index (χ2n) is 8.17. The highest BCUT2D eigenvalue weighted by atomic mass is 16.3. The highest BCUT2D eigenvalue weighted by Crippen LogP contribution is 2.36. The lowest BCUT2D eigenvalue weighted by molar-refractivity contribution is 0.151. The number of aliphatic hydroxyl groups excluding tert-OH is 1. The first-order chi connectivity index (χ1) is 15.1. The molecule has 1 aliphatic rings. The van der Waals surface area contributed by atoms with Gasteiger partial charge in [0, 0.05) is 32.1 Å². The van der Waals surface area contributed by atoms with Gasteiger partial charge in [-0.2, -0.15) is 0 Å². The van der Waals surface area contributed by atoms with E-state index in [4.69, 9.17) is 9.97 Å². The van der Waals surface area contributed by atoms with Gasteiger partial charge in [-0.3, -0.25) is 9.72 Å². The number of fused-ring (bicyclic) bond motifs is 5. The zero-order valence-corrected chi connectivity index (χ0v) is 18.3. The molecule has 0 amide bonds. The van der Waals surface area contributed by atoms with Crippen LogP contribution in [0.25, 0.3) is 27.7 Å². The van der Waals surface area contributed by atoms with E-state index in [0.29, 0.717) is 5.65 Å². The maximum atomic E-state index is 10.8. The smallest absolute Gasteiger partial charge is 0.150 e. The van der Waals surface area contributed by atoms with E-state index < -0.39 is 6.23 Å². The van der Waals surface area contributed by atoms with Crippen molar-refractivity contribution in [3.63, 3.8) is 0 Å². The van der Waals surface area contributed by atoms with Gasteiger partial charge in [0.2, 0.25) is 0 Å². The number of hydrogen-bond donors (Lipinski definition) is 3. The Morgan fingerprint density at radius 3 is 2.61 bits per heavy atom. The summed E-state index contributed by atoms with van der Waals surface area (Å²) in [6.45, 7) is 4.08. The normalized spacial score (nSPS) is 16.8. The van der Waals surface area contributed by atoms with Gasteiger partial charge in [0.25, 0.3) is 0 Å². The molecule has 0 bridgehead atoms. The molecule has 3 N–H and O–H groups in total. The first kappa shape index (κ1) is 20.0. The molecule has 4 aromatic rings. The Morgan fingerprint density at radius 1 is 0.968 bits per heavy atom. The van der Waals surface area contributed by atoms with Crippen molar-refractivity contribution in [2.24, 2.45) is 0 Å². The van der Waals surface area contributed by atoms with Crippen LogP contribution in [0, 0.1) is 0 Å². The molecule has 0 aliphatic carbocycles. The first-order valence-electron chi connectivity index (χ1n) is 10.8. The number of aliphatic hydroxyl groups is 1. The van der Waals surface area contributed by atoms with E-state index >= 15 is 0 Å². The van der Waals surface area contributed by atoms with Crippen LogP contribution in [0.1, 0.15) is 18.2 Å². The molecule has 5 rings (SSSR count). The van der Waals surface area contributed by atoms with Crippen LogP contribution < -0.4 is 15.5 Å². The van der Waals surface area contributed by atoms with Crippen LogP contribution in [0.2, 0.25) is 0 Å². The van der Waals surface area contributed by atoms with Crippen molar-refractivity contribution in [1.82, 2.24) is 24.6 Å². The largest absolute Gasteiger partial charge is 0.387 e.